The van der Waals surface area contributed by atoms with E-state index in [4.69, 9.17) is 4.74 Å². The number of aromatic hydroxyl groups is 1. The molecule has 7 heteroatoms. The van der Waals surface area contributed by atoms with Gasteiger partial charge in [-0.2, -0.15) is 0 Å². The largest absolute Gasteiger partial charge is 0.507 e. The zero-order chi connectivity index (χ0) is 26.1. The molecule has 0 spiro atoms. The number of amides is 2. The number of likely N-dealkylation sites (tertiary alicyclic amines) is 1. The monoisotopic (exact) mass is 583 g/mol. The quantitative estimate of drug-likeness (QED) is 0.252. The lowest BCUT2D eigenvalue weighted by Crippen LogP contribution is -2.34. The van der Waals surface area contributed by atoms with Gasteiger partial charge in [-0.1, -0.05) is 59.5 Å². The van der Waals surface area contributed by atoms with Crippen molar-refractivity contribution < 1.29 is 19.4 Å². The fraction of sp³-hybridized carbons (Fsp3) is 0.467. The lowest BCUT2D eigenvalue weighted by Gasteiger charge is -2.32. The minimum atomic E-state index is -0.298. The molecule has 37 heavy (non-hydrogen) atoms. The van der Waals surface area contributed by atoms with Gasteiger partial charge in [-0.15, -0.1) is 11.3 Å². The third kappa shape index (κ3) is 5.23. The van der Waals surface area contributed by atoms with Crippen molar-refractivity contribution in [2.24, 2.45) is 17.8 Å². The van der Waals surface area contributed by atoms with E-state index in [2.05, 4.69) is 35.9 Å². The first kappa shape index (κ1) is 26.4. The van der Waals surface area contributed by atoms with Crippen LogP contribution in [-0.2, 0) is 20.9 Å². The van der Waals surface area contributed by atoms with Crippen molar-refractivity contribution in [3.05, 3.63) is 67.3 Å². The molecule has 0 bridgehead atoms. The number of hydrogen-bond acceptors (Lipinski definition) is 5. The van der Waals surface area contributed by atoms with Crippen LogP contribution >= 0.6 is 27.3 Å². The van der Waals surface area contributed by atoms with E-state index in [1.807, 2.05) is 29.6 Å². The maximum atomic E-state index is 13.6. The normalized spacial score (nSPS) is 25.7. The first-order chi connectivity index (χ1) is 17.9. The van der Waals surface area contributed by atoms with Crippen LogP contribution in [0.1, 0.15) is 62.8 Å². The van der Waals surface area contributed by atoms with Crippen LogP contribution in [0.4, 0.5) is 0 Å². The van der Waals surface area contributed by atoms with Crippen molar-refractivity contribution >= 4 is 45.2 Å². The number of ether oxygens (including phenoxy) is 1. The van der Waals surface area contributed by atoms with E-state index >= 15 is 0 Å². The Morgan fingerprint density at radius 3 is 2.78 bits per heavy atom. The molecule has 1 aromatic carbocycles. The summed E-state index contributed by atoms with van der Waals surface area (Å²) in [5, 5.41) is 12.3. The van der Waals surface area contributed by atoms with Gasteiger partial charge >= 0.3 is 0 Å². The van der Waals surface area contributed by atoms with E-state index in [0.717, 1.165) is 47.0 Å². The predicted octanol–water partition coefficient (Wildman–Crippen LogP) is 7.11. The van der Waals surface area contributed by atoms with E-state index < -0.39 is 0 Å². The van der Waals surface area contributed by atoms with Crippen LogP contribution in [0.5, 0.6) is 5.75 Å². The number of thiophene rings is 1. The summed E-state index contributed by atoms with van der Waals surface area (Å²) in [5.41, 5.74) is 4.69. The van der Waals surface area contributed by atoms with Crippen LogP contribution in [-0.4, -0.2) is 34.5 Å². The van der Waals surface area contributed by atoms with Crippen LogP contribution in [0.2, 0.25) is 0 Å². The predicted molar refractivity (Wildman–Crippen MR) is 150 cm³/mol. The van der Waals surface area contributed by atoms with Crippen LogP contribution in [0.25, 0.3) is 6.08 Å². The number of benzene rings is 1. The molecule has 5 nitrogen and oxygen atoms in total. The van der Waals surface area contributed by atoms with E-state index in [9.17, 15) is 14.7 Å². The zero-order valence-electron chi connectivity index (χ0n) is 21.4. The molecular formula is C30H34BrNO4S. The van der Waals surface area contributed by atoms with Crippen LogP contribution < -0.4 is 0 Å². The van der Waals surface area contributed by atoms with Crippen molar-refractivity contribution in [1.82, 2.24) is 4.90 Å². The number of phenols is 1. The van der Waals surface area contributed by atoms with Gasteiger partial charge in [-0.25, -0.2) is 0 Å². The van der Waals surface area contributed by atoms with Crippen molar-refractivity contribution in [3.8, 4) is 5.75 Å². The number of halogens is 1. The highest BCUT2D eigenvalue weighted by Crippen LogP contribution is 2.51. The van der Waals surface area contributed by atoms with Crippen LogP contribution in [0, 0.1) is 17.8 Å². The van der Waals surface area contributed by atoms with E-state index in [0.29, 0.717) is 19.6 Å². The second kappa shape index (κ2) is 11.3. The number of allylic oxidation sites excluding steroid dienone is 2. The topological polar surface area (TPSA) is 66.8 Å². The molecule has 1 N–H and O–H groups in total. The summed E-state index contributed by atoms with van der Waals surface area (Å²) in [6.45, 7) is 5.20. The molecule has 1 aromatic heterocycles. The Bertz CT molecular complexity index is 1230. The first-order valence-corrected chi connectivity index (χ1v) is 15.0. The molecule has 0 saturated carbocycles. The highest BCUT2D eigenvalue weighted by molar-refractivity contribution is 9.10. The summed E-state index contributed by atoms with van der Waals surface area (Å²) >= 11 is 5.08. The second-order valence-electron chi connectivity index (χ2n) is 10.3. The van der Waals surface area contributed by atoms with E-state index in [-0.39, 0.29) is 41.4 Å². The Morgan fingerprint density at radius 1 is 1.22 bits per heavy atom. The average Bonchev–Trinajstić information content (AvgIpc) is 3.61. The summed E-state index contributed by atoms with van der Waals surface area (Å²) in [4.78, 5) is 29.5. The van der Waals surface area contributed by atoms with Gasteiger partial charge < -0.3 is 9.84 Å². The molecule has 3 aliphatic rings. The standard InChI is InChI=1S/C30H34BrNO4S/c1-3-6-19-15-23-28(30(35)32(29(23)34)16-22-7-5-12-37-22)24-17-36-26(27(19)24)11-8-18(4-2)13-20-14-21(31)9-10-25(20)33/h5,7,9-10,12-14,23-24,26,28,33H,3-4,6,8,11,15-17H2,1-2H3/b18-13+/t23-,24+,26-,28-/m1/s1. The molecule has 4 atom stereocenters. The minimum absolute atomic E-state index is 0.00161. The molecule has 2 aliphatic heterocycles. The number of carbonyl (C=O) groups is 2. The molecule has 196 valence electrons. The molecule has 2 fully saturated rings. The number of imide groups is 1. The highest BCUT2D eigenvalue weighted by Gasteiger charge is 2.56. The van der Waals surface area contributed by atoms with Gasteiger partial charge in [0.2, 0.25) is 11.8 Å². The highest BCUT2D eigenvalue weighted by atomic mass is 79.9. The number of rotatable bonds is 9. The molecule has 0 unspecified atom stereocenters. The van der Waals surface area contributed by atoms with Crippen molar-refractivity contribution in [2.75, 3.05) is 6.61 Å². The fourth-order valence-electron chi connectivity index (χ4n) is 6.32. The Morgan fingerprint density at radius 2 is 2.05 bits per heavy atom. The van der Waals surface area contributed by atoms with Crippen LogP contribution in [0.3, 0.4) is 0 Å². The van der Waals surface area contributed by atoms with Gasteiger partial charge in [-0.3, -0.25) is 14.5 Å². The lowest BCUT2D eigenvalue weighted by atomic mass is 9.68. The first-order valence-electron chi connectivity index (χ1n) is 13.3. The Labute approximate surface area is 231 Å². The van der Waals surface area contributed by atoms with E-state index in [1.165, 1.54) is 21.6 Å². The van der Waals surface area contributed by atoms with Gasteiger partial charge in [0.1, 0.15) is 5.75 Å². The minimum Gasteiger partial charge on any atom is -0.507 e. The van der Waals surface area contributed by atoms with E-state index in [1.54, 1.807) is 17.4 Å². The number of carbonyl (C=O) groups excluding carboxylic acids is 2. The summed E-state index contributed by atoms with van der Waals surface area (Å²) < 4.78 is 7.31. The SMILES string of the molecule is CCCC1=C2[C@@H](CC/C(=C/c3cc(Br)ccc3O)CC)OC[C@@H]2[C@@H]2C(=O)N(Cc3cccs3)C(=O)[C@@H]2C1. The Hall–Kier alpha value is -2.22. The van der Waals surface area contributed by atoms with Gasteiger partial charge in [-0.05, 0) is 67.3 Å². The van der Waals surface area contributed by atoms with Crippen LogP contribution in [0.15, 0.2) is 56.9 Å². The maximum Gasteiger partial charge on any atom is 0.234 e. The zero-order valence-corrected chi connectivity index (χ0v) is 23.8. The molecule has 0 radical (unpaired) electrons. The lowest BCUT2D eigenvalue weighted by molar-refractivity contribution is -0.140. The number of hydrogen-bond donors (Lipinski definition) is 1. The summed E-state index contributed by atoms with van der Waals surface area (Å²) in [7, 11) is 0. The molecule has 2 aromatic rings. The smallest absolute Gasteiger partial charge is 0.234 e. The van der Waals surface area contributed by atoms with Crippen molar-refractivity contribution in [3.63, 3.8) is 0 Å². The third-order valence-corrected chi connectivity index (χ3v) is 9.43. The summed E-state index contributed by atoms with van der Waals surface area (Å²) in [5.74, 6) is -0.314. The van der Waals surface area contributed by atoms with Crippen molar-refractivity contribution in [2.45, 2.75) is 65.0 Å². The average molecular weight is 585 g/mol. The number of phenolic OH excluding ortho intramolecular Hbond substituents is 1. The van der Waals surface area contributed by atoms with Crippen molar-refractivity contribution in [1.29, 1.82) is 0 Å². The Balaban J connectivity index is 1.36. The maximum absolute atomic E-state index is 13.6. The van der Waals surface area contributed by atoms with Gasteiger partial charge in [0.15, 0.2) is 0 Å². The van der Waals surface area contributed by atoms with Gasteiger partial charge in [0.25, 0.3) is 0 Å². The second-order valence-corrected chi connectivity index (χ2v) is 12.3. The summed E-state index contributed by atoms with van der Waals surface area (Å²) in [6.07, 6.45) is 7.28. The van der Waals surface area contributed by atoms with Gasteiger partial charge in [0, 0.05) is 20.8 Å². The fourth-order valence-corrected chi connectivity index (χ4v) is 7.39. The molecule has 3 heterocycles. The molecule has 1 aliphatic carbocycles. The molecule has 2 amide bonds. The Kier molecular flexibility index (Phi) is 8.03. The molecule has 5 rings (SSSR count). The number of nitrogens with zero attached hydrogens (tertiary/aromatic N) is 1. The molecular weight excluding hydrogens is 550 g/mol. The third-order valence-electron chi connectivity index (χ3n) is 8.08. The number of fused-ring (bicyclic) bond motifs is 3. The summed E-state index contributed by atoms with van der Waals surface area (Å²) in [6, 6.07) is 9.42. The van der Waals surface area contributed by atoms with Gasteiger partial charge in [0.05, 0.1) is 31.1 Å². The molecule has 2 saturated heterocycles.